The molecule has 0 atom stereocenters. The van der Waals surface area contributed by atoms with Gasteiger partial charge in [-0.25, -0.2) is 4.79 Å². The maximum atomic E-state index is 11.9. The lowest BCUT2D eigenvalue weighted by molar-refractivity contribution is 0.0996. The van der Waals surface area contributed by atoms with Crippen molar-refractivity contribution in [2.45, 2.75) is 6.92 Å². The highest BCUT2D eigenvalue weighted by Gasteiger charge is 2.12. The van der Waals surface area contributed by atoms with Crippen molar-refractivity contribution in [2.75, 3.05) is 17.2 Å². The molecule has 0 saturated carbocycles. The van der Waals surface area contributed by atoms with E-state index in [1.165, 1.54) is 6.26 Å². The van der Waals surface area contributed by atoms with E-state index < -0.39 is 12.0 Å². The summed E-state index contributed by atoms with van der Waals surface area (Å²) < 4.78 is 9.80. The van der Waals surface area contributed by atoms with E-state index in [4.69, 9.17) is 9.15 Å². The molecule has 0 bridgehead atoms. The summed E-state index contributed by atoms with van der Waals surface area (Å²) >= 11 is 0. The van der Waals surface area contributed by atoms with Gasteiger partial charge in [0, 0.05) is 0 Å². The molecule has 2 rings (SSSR count). The van der Waals surface area contributed by atoms with Crippen LogP contribution in [0.2, 0.25) is 0 Å². The molecular formula is C14H14N2O4. The van der Waals surface area contributed by atoms with E-state index in [2.05, 4.69) is 10.6 Å². The molecule has 0 spiro atoms. The predicted molar refractivity (Wildman–Crippen MR) is 73.7 cm³/mol. The van der Waals surface area contributed by atoms with Crippen molar-refractivity contribution in [3.63, 3.8) is 0 Å². The van der Waals surface area contributed by atoms with E-state index in [1.807, 2.05) is 0 Å². The number of carbonyl (C=O) groups is 2. The van der Waals surface area contributed by atoms with Crippen LogP contribution in [0.1, 0.15) is 17.5 Å². The molecule has 104 valence electrons. The van der Waals surface area contributed by atoms with Gasteiger partial charge in [0.15, 0.2) is 5.76 Å². The Morgan fingerprint density at radius 1 is 1.10 bits per heavy atom. The van der Waals surface area contributed by atoms with Crippen molar-refractivity contribution in [3.8, 4) is 0 Å². The fourth-order valence-electron chi connectivity index (χ4n) is 1.57. The molecular weight excluding hydrogens is 260 g/mol. The highest BCUT2D eigenvalue weighted by molar-refractivity contribution is 6.05. The second-order valence-corrected chi connectivity index (χ2v) is 3.82. The highest BCUT2D eigenvalue weighted by atomic mass is 16.5. The van der Waals surface area contributed by atoms with Crippen molar-refractivity contribution in [3.05, 3.63) is 48.4 Å². The Labute approximate surface area is 115 Å². The average Bonchev–Trinajstić information content (AvgIpc) is 2.95. The van der Waals surface area contributed by atoms with Gasteiger partial charge in [-0.3, -0.25) is 10.1 Å². The second-order valence-electron chi connectivity index (χ2n) is 3.82. The lowest BCUT2D eigenvalue weighted by Gasteiger charge is -2.11. The SMILES string of the molecule is CCOC(=O)Nc1ccccc1NC(=O)c1ccco1. The van der Waals surface area contributed by atoms with Crippen LogP contribution in [0.3, 0.4) is 0 Å². The minimum Gasteiger partial charge on any atom is -0.459 e. The molecule has 6 nitrogen and oxygen atoms in total. The first kappa shape index (κ1) is 13.7. The van der Waals surface area contributed by atoms with Crippen molar-refractivity contribution in [1.82, 2.24) is 0 Å². The summed E-state index contributed by atoms with van der Waals surface area (Å²) in [4.78, 5) is 23.3. The van der Waals surface area contributed by atoms with Crippen LogP contribution in [-0.4, -0.2) is 18.6 Å². The number of benzene rings is 1. The summed E-state index contributed by atoms with van der Waals surface area (Å²) in [5.74, 6) is -0.205. The van der Waals surface area contributed by atoms with Gasteiger partial charge in [0.1, 0.15) is 0 Å². The number of anilines is 2. The van der Waals surface area contributed by atoms with E-state index in [0.717, 1.165) is 0 Å². The van der Waals surface area contributed by atoms with Crippen molar-refractivity contribution < 1.29 is 18.7 Å². The van der Waals surface area contributed by atoms with E-state index in [9.17, 15) is 9.59 Å². The summed E-state index contributed by atoms with van der Waals surface area (Å²) in [6.45, 7) is 1.98. The number of carbonyl (C=O) groups excluding carboxylic acids is 2. The van der Waals surface area contributed by atoms with Gasteiger partial charge in [0.25, 0.3) is 5.91 Å². The Morgan fingerprint density at radius 2 is 1.80 bits per heavy atom. The molecule has 0 unspecified atom stereocenters. The first-order valence-electron chi connectivity index (χ1n) is 6.08. The zero-order chi connectivity index (χ0) is 14.4. The number of furan rings is 1. The highest BCUT2D eigenvalue weighted by Crippen LogP contribution is 2.22. The molecule has 0 aliphatic heterocycles. The second kappa shape index (κ2) is 6.42. The first-order chi connectivity index (χ1) is 9.70. The molecule has 0 fully saturated rings. The van der Waals surface area contributed by atoms with Gasteiger partial charge >= 0.3 is 6.09 Å². The Kier molecular flexibility index (Phi) is 4.39. The minimum absolute atomic E-state index is 0.191. The van der Waals surface area contributed by atoms with Crippen LogP contribution in [0, 0.1) is 0 Å². The topological polar surface area (TPSA) is 80.6 Å². The summed E-state index contributed by atoms with van der Waals surface area (Å²) in [5.41, 5.74) is 0.910. The van der Waals surface area contributed by atoms with Crippen LogP contribution in [0.15, 0.2) is 47.1 Å². The molecule has 0 radical (unpaired) electrons. The Morgan fingerprint density at radius 3 is 2.40 bits per heavy atom. The van der Waals surface area contributed by atoms with Crippen LogP contribution in [-0.2, 0) is 4.74 Å². The standard InChI is InChI=1S/C14H14N2O4/c1-2-19-14(18)16-11-7-4-3-6-10(11)15-13(17)12-8-5-9-20-12/h3-9H,2H2,1H3,(H,15,17)(H,16,18). The normalized spacial score (nSPS) is 9.85. The smallest absolute Gasteiger partial charge is 0.411 e. The number of para-hydroxylation sites is 2. The van der Waals surface area contributed by atoms with Crippen LogP contribution in [0.4, 0.5) is 16.2 Å². The zero-order valence-electron chi connectivity index (χ0n) is 10.9. The Bertz CT molecular complexity index is 593. The first-order valence-corrected chi connectivity index (χ1v) is 6.08. The molecule has 20 heavy (non-hydrogen) atoms. The van der Waals surface area contributed by atoms with E-state index in [0.29, 0.717) is 11.4 Å². The number of hydrogen-bond acceptors (Lipinski definition) is 4. The lowest BCUT2D eigenvalue weighted by atomic mass is 10.2. The summed E-state index contributed by atoms with van der Waals surface area (Å²) in [6, 6.07) is 9.99. The largest absolute Gasteiger partial charge is 0.459 e. The third-order valence-electron chi connectivity index (χ3n) is 2.43. The number of rotatable bonds is 4. The molecule has 2 N–H and O–H groups in total. The maximum Gasteiger partial charge on any atom is 0.411 e. The van der Waals surface area contributed by atoms with Gasteiger partial charge in [0.2, 0.25) is 0 Å². The van der Waals surface area contributed by atoms with Crippen molar-refractivity contribution >= 4 is 23.4 Å². The summed E-state index contributed by atoms with van der Waals surface area (Å²) in [6.07, 6.45) is 0.838. The number of amides is 2. The van der Waals surface area contributed by atoms with Gasteiger partial charge < -0.3 is 14.5 Å². The quantitative estimate of drug-likeness (QED) is 0.897. The van der Waals surface area contributed by atoms with Gasteiger partial charge in [-0.15, -0.1) is 0 Å². The Hall–Kier alpha value is -2.76. The fourth-order valence-corrected chi connectivity index (χ4v) is 1.57. The molecule has 1 aromatic heterocycles. The molecule has 2 aromatic rings. The average molecular weight is 274 g/mol. The van der Waals surface area contributed by atoms with Crippen LogP contribution >= 0.6 is 0 Å². The van der Waals surface area contributed by atoms with Gasteiger partial charge in [-0.05, 0) is 31.2 Å². The number of nitrogens with one attached hydrogen (secondary N) is 2. The van der Waals surface area contributed by atoms with E-state index in [1.54, 1.807) is 43.3 Å². The van der Waals surface area contributed by atoms with Gasteiger partial charge in [-0.2, -0.15) is 0 Å². The van der Waals surface area contributed by atoms with E-state index >= 15 is 0 Å². The molecule has 0 saturated heterocycles. The minimum atomic E-state index is -0.577. The monoisotopic (exact) mass is 274 g/mol. The fraction of sp³-hybridized carbons (Fsp3) is 0.143. The summed E-state index contributed by atoms with van der Waals surface area (Å²) in [7, 11) is 0. The maximum absolute atomic E-state index is 11.9. The summed E-state index contributed by atoms with van der Waals surface area (Å²) in [5, 5.41) is 5.21. The molecule has 1 heterocycles. The van der Waals surface area contributed by atoms with Crippen LogP contribution in [0.5, 0.6) is 0 Å². The zero-order valence-corrected chi connectivity index (χ0v) is 10.9. The predicted octanol–water partition coefficient (Wildman–Crippen LogP) is 3.10. The van der Waals surface area contributed by atoms with Gasteiger partial charge in [-0.1, -0.05) is 12.1 Å². The number of ether oxygens (including phenoxy) is 1. The van der Waals surface area contributed by atoms with Crippen molar-refractivity contribution in [2.24, 2.45) is 0 Å². The molecule has 0 aliphatic carbocycles. The lowest BCUT2D eigenvalue weighted by Crippen LogP contribution is -2.17. The molecule has 1 aromatic carbocycles. The van der Waals surface area contributed by atoms with Crippen LogP contribution < -0.4 is 10.6 Å². The Balaban J connectivity index is 2.11. The molecule has 6 heteroatoms. The van der Waals surface area contributed by atoms with E-state index in [-0.39, 0.29) is 12.4 Å². The number of hydrogen-bond donors (Lipinski definition) is 2. The van der Waals surface area contributed by atoms with Crippen molar-refractivity contribution in [1.29, 1.82) is 0 Å². The molecule has 0 aliphatic rings. The van der Waals surface area contributed by atoms with Crippen LogP contribution in [0.25, 0.3) is 0 Å². The third kappa shape index (κ3) is 3.38. The third-order valence-corrected chi connectivity index (χ3v) is 2.43. The molecule has 2 amide bonds. The van der Waals surface area contributed by atoms with Gasteiger partial charge in [0.05, 0.1) is 24.2 Å².